The molecule has 0 aliphatic carbocycles. The summed E-state index contributed by atoms with van der Waals surface area (Å²) in [5.41, 5.74) is 7.85. The number of hydrogen-bond donors (Lipinski definition) is 2. The van der Waals surface area contributed by atoms with E-state index < -0.39 is 17.0 Å². The first-order valence-electron chi connectivity index (χ1n) is 10.7. The van der Waals surface area contributed by atoms with Crippen molar-refractivity contribution in [2.45, 2.75) is 26.9 Å². The first-order chi connectivity index (χ1) is 16.4. The van der Waals surface area contributed by atoms with Crippen LogP contribution in [0, 0.1) is 6.92 Å². The minimum atomic E-state index is -0.694. The van der Waals surface area contributed by atoms with Crippen LogP contribution in [0.2, 0.25) is 0 Å². The topological polar surface area (TPSA) is 143 Å². The normalized spacial score (nSPS) is 10.9. The van der Waals surface area contributed by atoms with Crippen LogP contribution >= 0.6 is 0 Å². The third kappa shape index (κ3) is 4.35. The van der Waals surface area contributed by atoms with Gasteiger partial charge in [-0.15, -0.1) is 5.10 Å². The van der Waals surface area contributed by atoms with Gasteiger partial charge in [-0.1, -0.05) is 36.4 Å². The number of Topliss-reactive ketones (excluding diaryl/α,β-unsaturated/α-hetero) is 1. The Morgan fingerprint density at radius 3 is 2.53 bits per heavy atom. The van der Waals surface area contributed by atoms with Crippen molar-refractivity contribution in [3.05, 3.63) is 92.4 Å². The number of rotatable bonds is 8. The Labute approximate surface area is 194 Å². The number of nitrogens with one attached hydrogen (secondary N) is 1. The summed E-state index contributed by atoms with van der Waals surface area (Å²) >= 11 is 0. The second-order valence-corrected chi connectivity index (χ2v) is 7.69. The average molecular weight is 460 g/mol. The Hall–Kier alpha value is -4.54. The molecule has 4 rings (SSSR count). The molecule has 34 heavy (non-hydrogen) atoms. The molecule has 3 N–H and O–H groups in total. The van der Waals surface area contributed by atoms with Gasteiger partial charge in [0.1, 0.15) is 17.7 Å². The number of tetrazole rings is 1. The summed E-state index contributed by atoms with van der Waals surface area (Å²) < 4.78 is 3.77. The van der Waals surface area contributed by atoms with Crippen LogP contribution in [0.25, 0.3) is 5.69 Å². The maximum atomic E-state index is 13.2. The van der Waals surface area contributed by atoms with Crippen molar-refractivity contribution >= 4 is 17.3 Å². The van der Waals surface area contributed by atoms with E-state index in [2.05, 4.69) is 20.8 Å². The highest BCUT2D eigenvalue weighted by atomic mass is 16.2. The summed E-state index contributed by atoms with van der Waals surface area (Å²) in [6, 6.07) is 14.7. The molecule has 174 valence electrons. The Balaban J connectivity index is 1.66. The lowest BCUT2D eigenvalue weighted by molar-refractivity contribution is 0.100. The van der Waals surface area contributed by atoms with Crippen LogP contribution in [0.4, 0.5) is 11.5 Å². The Kier molecular flexibility index (Phi) is 6.35. The Bertz CT molecular complexity index is 1440. The monoisotopic (exact) mass is 460 g/mol. The number of anilines is 2. The average Bonchev–Trinajstić information content (AvgIpc) is 3.37. The van der Waals surface area contributed by atoms with Gasteiger partial charge < -0.3 is 11.1 Å². The number of carbonyl (C=O) groups excluding carboxylic acids is 1. The predicted octanol–water partition coefficient (Wildman–Crippen LogP) is 1.24. The highest BCUT2D eigenvalue weighted by Crippen LogP contribution is 2.19. The third-order valence-electron chi connectivity index (χ3n) is 5.52. The number of ketones is 1. The lowest BCUT2D eigenvalue weighted by Crippen LogP contribution is -2.44. The van der Waals surface area contributed by atoms with Crippen molar-refractivity contribution in [3.8, 4) is 5.69 Å². The molecule has 0 spiro atoms. The van der Waals surface area contributed by atoms with Crippen molar-refractivity contribution in [2.24, 2.45) is 0 Å². The van der Waals surface area contributed by atoms with Crippen LogP contribution < -0.4 is 22.3 Å². The SMILES string of the molecule is CCn1c(=O)c(C(=O)CNc2cc(-n3cnnn3)ccc2C)c(N)n(Cc2ccccc2)c1=O. The summed E-state index contributed by atoms with van der Waals surface area (Å²) in [5, 5.41) is 14.2. The number of nitrogen functional groups attached to an aromatic ring is 1. The molecular formula is C23H24N8O3. The summed E-state index contributed by atoms with van der Waals surface area (Å²) in [6.45, 7) is 3.63. The number of carbonyl (C=O) groups is 1. The molecule has 0 atom stereocenters. The van der Waals surface area contributed by atoms with Crippen LogP contribution in [-0.4, -0.2) is 41.7 Å². The zero-order chi connectivity index (χ0) is 24.2. The van der Waals surface area contributed by atoms with E-state index in [1.54, 1.807) is 13.0 Å². The van der Waals surface area contributed by atoms with E-state index in [0.717, 1.165) is 15.7 Å². The van der Waals surface area contributed by atoms with Crippen molar-refractivity contribution in [1.82, 2.24) is 29.3 Å². The minimum Gasteiger partial charge on any atom is -0.384 e. The molecule has 4 aromatic rings. The molecular weight excluding hydrogens is 436 g/mol. The molecule has 0 fully saturated rings. The molecule has 2 heterocycles. The molecule has 0 aliphatic rings. The summed E-state index contributed by atoms with van der Waals surface area (Å²) in [7, 11) is 0. The lowest BCUT2D eigenvalue weighted by atomic mass is 10.1. The second kappa shape index (κ2) is 9.53. The predicted molar refractivity (Wildman–Crippen MR) is 127 cm³/mol. The Morgan fingerprint density at radius 2 is 1.85 bits per heavy atom. The van der Waals surface area contributed by atoms with Crippen LogP contribution in [0.1, 0.15) is 28.4 Å². The fraction of sp³-hybridized carbons (Fsp3) is 0.217. The van der Waals surface area contributed by atoms with Gasteiger partial charge in [0.15, 0.2) is 5.78 Å². The molecule has 0 radical (unpaired) electrons. The molecule has 2 aromatic carbocycles. The summed E-state index contributed by atoms with van der Waals surface area (Å²) in [6.07, 6.45) is 1.46. The lowest BCUT2D eigenvalue weighted by Gasteiger charge is -2.16. The van der Waals surface area contributed by atoms with Crippen molar-refractivity contribution in [2.75, 3.05) is 17.6 Å². The first-order valence-corrected chi connectivity index (χ1v) is 10.7. The molecule has 2 aromatic heterocycles. The van der Waals surface area contributed by atoms with E-state index in [4.69, 9.17) is 5.73 Å². The standard InChI is InChI=1S/C23H24N8O3/c1-3-29-22(33)20(21(24)30(23(29)34)13-16-7-5-4-6-8-16)19(32)12-25-18-11-17(10-9-15(18)2)31-14-26-27-28-31/h4-11,14,25H,3,12-13,24H2,1-2H3. The minimum absolute atomic E-state index is 0.119. The molecule has 0 bridgehead atoms. The Morgan fingerprint density at radius 1 is 1.09 bits per heavy atom. The first kappa shape index (κ1) is 22.6. The van der Waals surface area contributed by atoms with E-state index in [9.17, 15) is 14.4 Å². The maximum Gasteiger partial charge on any atom is 0.332 e. The molecule has 0 aliphatic heterocycles. The van der Waals surface area contributed by atoms with Gasteiger partial charge >= 0.3 is 5.69 Å². The van der Waals surface area contributed by atoms with E-state index in [0.29, 0.717) is 11.4 Å². The highest BCUT2D eigenvalue weighted by molar-refractivity contribution is 6.02. The van der Waals surface area contributed by atoms with E-state index in [1.165, 1.54) is 15.6 Å². The van der Waals surface area contributed by atoms with E-state index in [1.807, 2.05) is 49.4 Å². The van der Waals surface area contributed by atoms with Gasteiger partial charge in [0, 0.05) is 12.2 Å². The summed E-state index contributed by atoms with van der Waals surface area (Å²) in [4.78, 5) is 39.0. The zero-order valence-electron chi connectivity index (χ0n) is 18.8. The number of aryl methyl sites for hydroxylation is 1. The van der Waals surface area contributed by atoms with Gasteiger partial charge in [-0.2, -0.15) is 0 Å². The number of aromatic nitrogens is 6. The van der Waals surface area contributed by atoms with Crippen molar-refractivity contribution in [3.63, 3.8) is 0 Å². The number of nitrogens with zero attached hydrogens (tertiary/aromatic N) is 6. The molecule has 11 nitrogen and oxygen atoms in total. The van der Waals surface area contributed by atoms with E-state index >= 15 is 0 Å². The largest absolute Gasteiger partial charge is 0.384 e. The van der Waals surface area contributed by atoms with Crippen LogP contribution in [0.5, 0.6) is 0 Å². The molecule has 0 saturated carbocycles. The van der Waals surface area contributed by atoms with Crippen LogP contribution in [0.3, 0.4) is 0 Å². The number of nitrogens with two attached hydrogens (primary N) is 1. The van der Waals surface area contributed by atoms with Crippen LogP contribution in [-0.2, 0) is 13.1 Å². The van der Waals surface area contributed by atoms with Gasteiger partial charge in [-0.05, 0) is 47.5 Å². The van der Waals surface area contributed by atoms with Gasteiger partial charge in [-0.3, -0.25) is 18.7 Å². The number of benzene rings is 2. The number of hydrogen-bond acceptors (Lipinski definition) is 8. The third-order valence-corrected chi connectivity index (χ3v) is 5.52. The van der Waals surface area contributed by atoms with Crippen molar-refractivity contribution in [1.29, 1.82) is 0 Å². The molecule has 11 heteroatoms. The zero-order valence-corrected chi connectivity index (χ0v) is 18.8. The smallest absolute Gasteiger partial charge is 0.332 e. The fourth-order valence-corrected chi connectivity index (χ4v) is 3.66. The molecule has 0 saturated heterocycles. The second-order valence-electron chi connectivity index (χ2n) is 7.69. The highest BCUT2D eigenvalue weighted by Gasteiger charge is 2.22. The van der Waals surface area contributed by atoms with Gasteiger partial charge in [0.05, 0.1) is 18.8 Å². The van der Waals surface area contributed by atoms with Gasteiger partial charge in [0.2, 0.25) is 0 Å². The fourth-order valence-electron chi connectivity index (χ4n) is 3.66. The van der Waals surface area contributed by atoms with Crippen molar-refractivity contribution < 1.29 is 4.79 Å². The maximum absolute atomic E-state index is 13.2. The van der Waals surface area contributed by atoms with Crippen LogP contribution in [0.15, 0.2) is 64.4 Å². The quantitative estimate of drug-likeness (QED) is 0.374. The van der Waals surface area contributed by atoms with Gasteiger partial charge in [0.25, 0.3) is 5.56 Å². The van der Waals surface area contributed by atoms with Gasteiger partial charge in [-0.25, -0.2) is 9.48 Å². The van der Waals surface area contributed by atoms with E-state index in [-0.39, 0.29) is 31.0 Å². The summed E-state index contributed by atoms with van der Waals surface area (Å²) in [5.74, 6) is -0.659. The molecule has 0 amide bonds. The molecule has 0 unspecified atom stereocenters.